The number of amides is 1. The van der Waals surface area contributed by atoms with Crippen LogP contribution >= 0.6 is 11.6 Å². The molecule has 0 unspecified atom stereocenters. The van der Waals surface area contributed by atoms with Crippen molar-refractivity contribution in [3.8, 4) is 0 Å². The summed E-state index contributed by atoms with van der Waals surface area (Å²) in [6, 6.07) is 11.9. The Kier molecular flexibility index (Phi) is 5.55. The van der Waals surface area contributed by atoms with Gasteiger partial charge in [0.25, 0.3) is 0 Å². The molecule has 0 bridgehead atoms. The van der Waals surface area contributed by atoms with E-state index in [2.05, 4.69) is 5.32 Å². The van der Waals surface area contributed by atoms with Crippen LogP contribution in [0.5, 0.6) is 0 Å². The minimum atomic E-state index is -1.45. The predicted molar refractivity (Wildman–Crippen MR) is 83.2 cm³/mol. The average molecular weight is 346 g/mol. The van der Waals surface area contributed by atoms with Crippen LogP contribution in [0.4, 0.5) is 5.69 Å². The van der Waals surface area contributed by atoms with Gasteiger partial charge in [-0.3, -0.25) is 4.79 Å². The second-order valence-corrected chi connectivity index (χ2v) is 5.39. The quantitative estimate of drug-likeness (QED) is 0.823. The van der Waals surface area contributed by atoms with Crippen molar-refractivity contribution in [1.82, 2.24) is 0 Å². The number of carboxylic acid groups (broad SMARTS) is 2. The molecule has 0 saturated heterocycles. The number of halogens is 1. The molecule has 2 aromatic rings. The number of hydrogen-bond acceptors (Lipinski definition) is 5. The SMILES string of the molecule is O=C(C[C@@H](C(=O)[O-])c1ccccc1Cl)Nc1ccccc1C(=O)[O-]. The summed E-state index contributed by atoms with van der Waals surface area (Å²) in [6.07, 6.45) is -0.451. The molecule has 7 heteroatoms. The number of nitrogens with one attached hydrogen (secondary N) is 1. The zero-order valence-electron chi connectivity index (χ0n) is 12.3. The lowest BCUT2D eigenvalue weighted by Crippen LogP contribution is -2.33. The van der Waals surface area contributed by atoms with Crippen LogP contribution in [-0.4, -0.2) is 17.8 Å². The Labute approximate surface area is 142 Å². The fraction of sp³-hybridized carbons (Fsp3) is 0.118. The molecule has 1 atom stereocenters. The Hall–Kier alpha value is -2.86. The third-order valence-corrected chi connectivity index (χ3v) is 3.72. The summed E-state index contributed by atoms with van der Waals surface area (Å²) in [7, 11) is 0. The van der Waals surface area contributed by atoms with Crippen LogP contribution in [0.3, 0.4) is 0 Å². The summed E-state index contributed by atoms with van der Waals surface area (Å²) in [4.78, 5) is 34.5. The highest BCUT2D eigenvalue weighted by molar-refractivity contribution is 6.31. The topological polar surface area (TPSA) is 109 Å². The summed E-state index contributed by atoms with van der Waals surface area (Å²) >= 11 is 5.96. The first kappa shape index (κ1) is 17.5. The van der Waals surface area contributed by atoms with Gasteiger partial charge >= 0.3 is 0 Å². The Balaban J connectivity index is 2.20. The summed E-state index contributed by atoms with van der Waals surface area (Å²) in [5, 5.41) is 25.0. The number of benzene rings is 2. The zero-order chi connectivity index (χ0) is 17.7. The number of anilines is 1. The second kappa shape index (κ2) is 7.61. The van der Waals surface area contributed by atoms with Crippen molar-refractivity contribution in [3.05, 3.63) is 64.7 Å². The van der Waals surface area contributed by atoms with Crippen LogP contribution in [0.25, 0.3) is 0 Å². The van der Waals surface area contributed by atoms with Crippen molar-refractivity contribution in [2.45, 2.75) is 12.3 Å². The molecule has 0 aliphatic heterocycles. The lowest BCUT2D eigenvalue weighted by atomic mass is 9.95. The minimum Gasteiger partial charge on any atom is -0.549 e. The van der Waals surface area contributed by atoms with Gasteiger partial charge in [-0.2, -0.15) is 0 Å². The fourth-order valence-electron chi connectivity index (χ4n) is 2.23. The average Bonchev–Trinajstić information content (AvgIpc) is 2.53. The molecule has 6 nitrogen and oxygen atoms in total. The zero-order valence-corrected chi connectivity index (χ0v) is 13.1. The maximum atomic E-state index is 12.1. The maximum Gasteiger partial charge on any atom is 0.225 e. The highest BCUT2D eigenvalue weighted by Crippen LogP contribution is 2.27. The first-order chi connectivity index (χ1) is 11.4. The van der Waals surface area contributed by atoms with Gasteiger partial charge in [-0.15, -0.1) is 0 Å². The van der Waals surface area contributed by atoms with E-state index in [4.69, 9.17) is 11.6 Å². The van der Waals surface area contributed by atoms with Crippen LogP contribution in [0.2, 0.25) is 5.02 Å². The highest BCUT2D eigenvalue weighted by atomic mass is 35.5. The van der Waals surface area contributed by atoms with Gasteiger partial charge in [-0.25, -0.2) is 0 Å². The largest absolute Gasteiger partial charge is 0.549 e. The maximum absolute atomic E-state index is 12.1. The number of rotatable bonds is 6. The molecule has 124 valence electrons. The van der Waals surface area contributed by atoms with Gasteiger partial charge < -0.3 is 25.1 Å². The molecule has 0 aliphatic carbocycles. The van der Waals surface area contributed by atoms with Crippen molar-refractivity contribution in [2.75, 3.05) is 5.32 Å². The molecule has 0 spiro atoms. The molecule has 0 aliphatic rings. The van der Waals surface area contributed by atoms with E-state index in [-0.39, 0.29) is 21.8 Å². The number of carbonyl (C=O) groups excluding carboxylic acids is 3. The Morgan fingerprint density at radius 1 is 1.00 bits per heavy atom. The molecule has 2 rings (SSSR count). The van der Waals surface area contributed by atoms with Gasteiger partial charge in [0.15, 0.2) is 0 Å². The van der Waals surface area contributed by atoms with Crippen LogP contribution in [0.15, 0.2) is 48.5 Å². The van der Waals surface area contributed by atoms with E-state index in [1.165, 1.54) is 36.4 Å². The standard InChI is InChI=1S/C17H14ClNO5/c18-13-7-3-1-5-10(13)12(17(23)24)9-15(20)19-14-8-4-2-6-11(14)16(21)22/h1-8,12H,9H2,(H,19,20)(H,21,22)(H,23,24)/p-2/t12-/m1/s1. The Morgan fingerprint density at radius 2 is 1.62 bits per heavy atom. The summed E-state index contributed by atoms with van der Waals surface area (Å²) in [5.74, 6) is -4.84. The van der Waals surface area contributed by atoms with E-state index in [9.17, 15) is 24.6 Å². The van der Waals surface area contributed by atoms with Crippen LogP contribution in [0.1, 0.15) is 28.3 Å². The smallest absolute Gasteiger partial charge is 0.225 e. The number of aliphatic carboxylic acids is 1. The molecule has 0 aromatic heterocycles. The normalized spacial score (nSPS) is 11.5. The van der Waals surface area contributed by atoms with Gasteiger partial charge in [-0.1, -0.05) is 48.0 Å². The van der Waals surface area contributed by atoms with E-state index < -0.39 is 30.2 Å². The molecule has 1 N–H and O–H groups in total. The molecular formula is C17H12ClNO5-2. The van der Waals surface area contributed by atoms with Crippen molar-refractivity contribution in [1.29, 1.82) is 0 Å². The predicted octanol–water partition coefficient (Wildman–Crippen LogP) is 0.566. The van der Waals surface area contributed by atoms with Crippen LogP contribution < -0.4 is 15.5 Å². The molecule has 0 saturated carbocycles. The van der Waals surface area contributed by atoms with Crippen molar-refractivity contribution in [2.24, 2.45) is 0 Å². The van der Waals surface area contributed by atoms with Crippen molar-refractivity contribution >= 4 is 35.1 Å². The summed E-state index contributed by atoms with van der Waals surface area (Å²) in [5.41, 5.74) is 0.0786. The van der Waals surface area contributed by atoms with E-state index in [0.29, 0.717) is 0 Å². The first-order valence-electron chi connectivity index (χ1n) is 6.95. The highest BCUT2D eigenvalue weighted by Gasteiger charge is 2.20. The molecule has 24 heavy (non-hydrogen) atoms. The lowest BCUT2D eigenvalue weighted by Gasteiger charge is -2.20. The minimum absolute atomic E-state index is 0.0266. The van der Waals surface area contributed by atoms with Gasteiger partial charge in [0.05, 0.1) is 5.97 Å². The number of para-hydroxylation sites is 1. The number of aromatic carboxylic acids is 1. The summed E-state index contributed by atoms with van der Waals surface area (Å²) < 4.78 is 0. The van der Waals surface area contributed by atoms with Crippen molar-refractivity contribution in [3.63, 3.8) is 0 Å². The number of carboxylic acids is 2. The van der Waals surface area contributed by atoms with E-state index in [1.807, 2.05) is 0 Å². The van der Waals surface area contributed by atoms with E-state index in [0.717, 1.165) is 0 Å². The van der Waals surface area contributed by atoms with Gasteiger partial charge in [0, 0.05) is 34.6 Å². The molecule has 2 aromatic carbocycles. The molecular weight excluding hydrogens is 334 g/mol. The molecule has 0 heterocycles. The monoisotopic (exact) mass is 345 g/mol. The van der Waals surface area contributed by atoms with Gasteiger partial charge in [-0.05, 0) is 17.7 Å². The fourth-order valence-corrected chi connectivity index (χ4v) is 2.50. The third kappa shape index (κ3) is 4.11. The molecule has 0 fully saturated rings. The van der Waals surface area contributed by atoms with Gasteiger partial charge in [0.1, 0.15) is 0 Å². The van der Waals surface area contributed by atoms with E-state index >= 15 is 0 Å². The second-order valence-electron chi connectivity index (χ2n) is 4.98. The number of hydrogen-bond donors (Lipinski definition) is 1. The lowest BCUT2D eigenvalue weighted by molar-refractivity contribution is -0.308. The Morgan fingerprint density at radius 3 is 2.25 bits per heavy atom. The Bertz CT molecular complexity index is 790. The van der Waals surface area contributed by atoms with E-state index in [1.54, 1.807) is 12.1 Å². The number of carbonyl (C=O) groups is 3. The van der Waals surface area contributed by atoms with Gasteiger partial charge in [0.2, 0.25) is 5.91 Å². The molecule has 0 radical (unpaired) electrons. The van der Waals surface area contributed by atoms with Crippen LogP contribution in [0, 0.1) is 0 Å². The first-order valence-corrected chi connectivity index (χ1v) is 7.33. The third-order valence-electron chi connectivity index (χ3n) is 3.38. The molecule has 1 amide bonds. The van der Waals surface area contributed by atoms with Crippen molar-refractivity contribution < 1.29 is 24.6 Å². The summed E-state index contributed by atoms with van der Waals surface area (Å²) in [6.45, 7) is 0. The van der Waals surface area contributed by atoms with Crippen LogP contribution in [-0.2, 0) is 9.59 Å².